The summed E-state index contributed by atoms with van der Waals surface area (Å²) in [5.41, 5.74) is 0. The third-order valence-corrected chi connectivity index (χ3v) is 1.35. The van der Waals surface area contributed by atoms with Gasteiger partial charge in [-0.2, -0.15) is 0 Å². The van der Waals surface area contributed by atoms with E-state index in [1.807, 2.05) is 0 Å². The van der Waals surface area contributed by atoms with Gasteiger partial charge in [-0.3, -0.25) is 10.1 Å². The standard InChI is InChI=1S/C8H12N4O2/c1-3-4-9-5-7(13)10-8-12-11-6(2)14-8/h3,9H,1,4-5H2,2H3,(H,10,12,13). The van der Waals surface area contributed by atoms with Crippen LogP contribution in [-0.2, 0) is 4.79 Å². The largest absolute Gasteiger partial charge is 0.408 e. The summed E-state index contributed by atoms with van der Waals surface area (Å²) in [4.78, 5) is 11.2. The predicted octanol–water partition coefficient (Wildman–Crippen LogP) is 0.0921. The van der Waals surface area contributed by atoms with Gasteiger partial charge in [-0.05, 0) is 0 Å². The Morgan fingerprint density at radius 3 is 3.00 bits per heavy atom. The fourth-order valence-corrected chi connectivity index (χ4v) is 0.798. The molecule has 6 nitrogen and oxygen atoms in total. The average Bonchev–Trinajstić information content (AvgIpc) is 2.52. The zero-order chi connectivity index (χ0) is 10.4. The molecule has 1 aromatic rings. The van der Waals surface area contributed by atoms with Crippen LogP contribution in [0.3, 0.4) is 0 Å². The number of carbonyl (C=O) groups excluding carboxylic acids is 1. The maximum atomic E-state index is 11.2. The molecule has 0 saturated carbocycles. The second kappa shape index (κ2) is 5.13. The van der Waals surface area contributed by atoms with Crippen LogP contribution in [0.25, 0.3) is 0 Å². The lowest BCUT2D eigenvalue weighted by atomic mass is 10.5. The van der Waals surface area contributed by atoms with E-state index < -0.39 is 0 Å². The predicted molar refractivity (Wildman–Crippen MR) is 50.7 cm³/mol. The lowest BCUT2D eigenvalue weighted by Crippen LogP contribution is -2.28. The van der Waals surface area contributed by atoms with Gasteiger partial charge in [-0.15, -0.1) is 11.7 Å². The molecule has 0 aliphatic carbocycles. The van der Waals surface area contributed by atoms with Gasteiger partial charge in [0.2, 0.25) is 11.8 Å². The molecule has 6 heteroatoms. The summed E-state index contributed by atoms with van der Waals surface area (Å²) < 4.78 is 4.96. The van der Waals surface area contributed by atoms with E-state index in [2.05, 4.69) is 27.4 Å². The molecule has 0 radical (unpaired) electrons. The molecular weight excluding hydrogens is 184 g/mol. The third-order valence-electron chi connectivity index (χ3n) is 1.35. The molecule has 1 rings (SSSR count). The van der Waals surface area contributed by atoms with Crippen molar-refractivity contribution in [2.24, 2.45) is 0 Å². The average molecular weight is 196 g/mol. The highest BCUT2D eigenvalue weighted by molar-refractivity contribution is 5.90. The number of nitrogens with zero attached hydrogens (tertiary/aromatic N) is 2. The fraction of sp³-hybridized carbons (Fsp3) is 0.375. The molecule has 0 aliphatic heterocycles. The number of hydrogen-bond acceptors (Lipinski definition) is 5. The Kier molecular flexibility index (Phi) is 3.81. The number of aryl methyl sites for hydroxylation is 1. The minimum absolute atomic E-state index is 0.118. The molecule has 14 heavy (non-hydrogen) atoms. The highest BCUT2D eigenvalue weighted by Gasteiger charge is 2.06. The summed E-state index contributed by atoms with van der Waals surface area (Å²) in [5, 5.41) is 12.5. The summed E-state index contributed by atoms with van der Waals surface area (Å²) in [7, 11) is 0. The number of amides is 1. The fourth-order valence-electron chi connectivity index (χ4n) is 0.798. The number of carbonyl (C=O) groups is 1. The SMILES string of the molecule is C=CCNCC(=O)Nc1nnc(C)o1. The first-order chi connectivity index (χ1) is 6.72. The lowest BCUT2D eigenvalue weighted by molar-refractivity contribution is -0.115. The van der Waals surface area contributed by atoms with Gasteiger partial charge in [-0.25, -0.2) is 0 Å². The maximum absolute atomic E-state index is 11.2. The quantitative estimate of drug-likeness (QED) is 0.515. The van der Waals surface area contributed by atoms with E-state index >= 15 is 0 Å². The topological polar surface area (TPSA) is 80.0 Å². The number of hydrogen-bond donors (Lipinski definition) is 2. The van der Waals surface area contributed by atoms with Crippen molar-refractivity contribution >= 4 is 11.9 Å². The second-order valence-electron chi connectivity index (χ2n) is 2.59. The molecule has 0 spiro atoms. The summed E-state index contributed by atoms with van der Waals surface area (Å²) in [6.07, 6.45) is 1.67. The Morgan fingerprint density at radius 1 is 1.64 bits per heavy atom. The Labute approximate surface area is 81.4 Å². The van der Waals surface area contributed by atoms with Gasteiger partial charge >= 0.3 is 6.01 Å². The summed E-state index contributed by atoms with van der Waals surface area (Å²) in [6, 6.07) is 0.118. The molecule has 0 aromatic carbocycles. The van der Waals surface area contributed by atoms with Crippen LogP contribution in [-0.4, -0.2) is 29.2 Å². The molecule has 1 aromatic heterocycles. The molecule has 0 saturated heterocycles. The van der Waals surface area contributed by atoms with Crippen LogP contribution in [0.1, 0.15) is 5.89 Å². The number of aromatic nitrogens is 2. The number of nitrogens with one attached hydrogen (secondary N) is 2. The molecule has 0 fully saturated rings. The van der Waals surface area contributed by atoms with Crippen LogP contribution in [0, 0.1) is 6.92 Å². The van der Waals surface area contributed by atoms with Crippen LogP contribution in [0.15, 0.2) is 17.1 Å². The van der Waals surface area contributed by atoms with Crippen molar-refractivity contribution in [1.29, 1.82) is 0 Å². The van der Waals surface area contributed by atoms with E-state index in [0.29, 0.717) is 12.4 Å². The normalized spacial score (nSPS) is 9.79. The minimum Gasteiger partial charge on any atom is -0.408 e. The molecule has 0 aliphatic rings. The van der Waals surface area contributed by atoms with E-state index in [-0.39, 0.29) is 18.5 Å². The zero-order valence-electron chi connectivity index (χ0n) is 7.91. The molecule has 1 heterocycles. The van der Waals surface area contributed by atoms with E-state index in [0.717, 1.165) is 0 Å². The molecule has 76 valence electrons. The van der Waals surface area contributed by atoms with Crippen LogP contribution < -0.4 is 10.6 Å². The maximum Gasteiger partial charge on any atom is 0.322 e. The van der Waals surface area contributed by atoms with Gasteiger partial charge < -0.3 is 9.73 Å². The first-order valence-corrected chi connectivity index (χ1v) is 4.14. The highest BCUT2D eigenvalue weighted by atomic mass is 16.4. The van der Waals surface area contributed by atoms with Crippen molar-refractivity contribution < 1.29 is 9.21 Å². The molecule has 1 amide bonds. The van der Waals surface area contributed by atoms with Gasteiger partial charge in [0.1, 0.15) is 0 Å². The van der Waals surface area contributed by atoms with Crippen LogP contribution >= 0.6 is 0 Å². The van der Waals surface area contributed by atoms with Crippen molar-refractivity contribution in [2.75, 3.05) is 18.4 Å². The summed E-state index contributed by atoms with van der Waals surface area (Å²) >= 11 is 0. The molecule has 2 N–H and O–H groups in total. The second-order valence-corrected chi connectivity index (χ2v) is 2.59. The van der Waals surface area contributed by atoms with E-state index in [4.69, 9.17) is 4.42 Å². The van der Waals surface area contributed by atoms with E-state index in [1.165, 1.54) is 0 Å². The van der Waals surface area contributed by atoms with Crippen molar-refractivity contribution in [3.05, 3.63) is 18.5 Å². The minimum atomic E-state index is -0.226. The smallest absolute Gasteiger partial charge is 0.322 e. The van der Waals surface area contributed by atoms with Crippen molar-refractivity contribution in [1.82, 2.24) is 15.5 Å². The third kappa shape index (κ3) is 3.36. The van der Waals surface area contributed by atoms with E-state index in [1.54, 1.807) is 13.0 Å². The van der Waals surface area contributed by atoms with Gasteiger partial charge in [0.25, 0.3) is 0 Å². The highest BCUT2D eigenvalue weighted by Crippen LogP contribution is 2.02. The molecule has 0 unspecified atom stereocenters. The number of anilines is 1. The number of rotatable bonds is 5. The summed E-state index contributed by atoms with van der Waals surface area (Å²) in [6.45, 7) is 5.93. The van der Waals surface area contributed by atoms with Crippen molar-refractivity contribution in [3.63, 3.8) is 0 Å². The van der Waals surface area contributed by atoms with Crippen molar-refractivity contribution in [2.45, 2.75) is 6.92 Å². The Bertz CT molecular complexity index is 321. The van der Waals surface area contributed by atoms with E-state index in [9.17, 15) is 4.79 Å². The molecular formula is C8H12N4O2. The Morgan fingerprint density at radius 2 is 2.43 bits per heavy atom. The van der Waals surface area contributed by atoms with Crippen LogP contribution in [0.2, 0.25) is 0 Å². The van der Waals surface area contributed by atoms with Gasteiger partial charge in [0.15, 0.2) is 0 Å². The molecule has 0 atom stereocenters. The van der Waals surface area contributed by atoms with Gasteiger partial charge in [-0.1, -0.05) is 11.2 Å². The van der Waals surface area contributed by atoms with Gasteiger partial charge in [0, 0.05) is 13.5 Å². The van der Waals surface area contributed by atoms with Crippen molar-refractivity contribution in [3.8, 4) is 0 Å². The first kappa shape index (κ1) is 10.4. The van der Waals surface area contributed by atoms with Crippen LogP contribution in [0.5, 0.6) is 0 Å². The first-order valence-electron chi connectivity index (χ1n) is 4.14. The Hall–Kier alpha value is -1.69. The summed E-state index contributed by atoms with van der Waals surface area (Å²) in [5.74, 6) is 0.190. The zero-order valence-corrected chi connectivity index (χ0v) is 7.91. The monoisotopic (exact) mass is 196 g/mol. The lowest BCUT2D eigenvalue weighted by Gasteiger charge is -1.99. The Balaban J connectivity index is 2.30. The van der Waals surface area contributed by atoms with Crippen LogP contribution in [0.4, 0.5) is 6.01 Å². The van der Waals surface area contributed by atoms with Gasteiger partial charge in [0.05, 0.1) is 6.54 Å². The molecule has 0 bridgehead atoms.